The average Bonchev–Trinajstić information content (AvgIpc) is 2.62. The summed E-state index contributed by atoms with van der Waals surface area (Å²) < 4.78 is 5.97. The van der Waals surface area contributed by atoms with Crippen LogP contribution in [0.1, 0.15) is 10.4 Å². The lowest BCUT2D eigenvalue weighted by atomic mass is 10.1. The molecule has 1 aromatic carbocycles. The van der Waals surface area contributed by atoms with E-state index in [1.165, 1.54) is 0 Å². The molecule has 2 aromatic rings. The number of carbonyl (C=O) groups excluding carboxylic acids is 1. The highest BCUT2D eigenvalue weighted by atomic mass is 79.9. The lowest BCUT2D eigenvalue weighted by molar-refractivity contribution is 0.0746. The van der Waals surface area contributed by atoms with Crippen LogP contribution in [-0.4, -0.2) is 54.1 Å². The molecule has 6 nitrogen and oxygen atoms in total. The predicted molar refractivity (Wildman–Crippen MR) is 90.8 cm³/mol. The molecule has 0 bridgehead atoms. The van der Waals surface area contributed by atoms with Gasteiger partial charge in [-0.15, -0.1) is 0 Å². The number of carbonyl (C=O) groups is 1. The molecule has 7 heteroatoms. The third kappa shape index (κ3) is 3.61. The summed E-state index contributed by atoms with van der Waals surface area (Å²) in [6, 6.07) is 7.20. The minimum absolute atomic E-state index is 0.0454. The zero-order valence-corrected chi connectivity index (χ0v) is 14.4. The van der Waals surface area contributed by atoms with Gasteiger partial charge in [-0.25, -0.2) is 9.97 Å². The second-order valence-electron chi connectivity index (χ2n) is 5.21. The summed E-state index contributed by atoms with van der Waals surface area (Å²) in [7, 11) is 1.61. The normalized spacial score (nSPS) is 14.7. The number of hydrogen-bond donors (Lipinski definition) is 0. The third-order valence-electron chi connectivity index (χ3n) is 3.79. The predicted octanol–water partition coefficient (Wildman–Crippen LogP) is 2.21. The van der Waals surface area contributed by atoms with Gasteiger partial charge in [0.1, 0.15) is 5.75 Å². The maximum atomic E-state index is 12.5. The van der Waals surface area contributed by atoms with Crippen molar-refractivity contribution in [2.24, 2.45) is 0 Å². The third-order valence-corrected chi connectivity index (χ3v) is 4.20. The standard InChI is InChI=1S/C16H17BrN4O2/c1-23-14-4-2-12(3-5-14)15(22)20-6-8-21(9-7-20)16-18-10-13(17)11-19-16/h2-5,10-11H,6-9H2,1H3. The summed E-state index contributed by atoms with van der Waals surface area (Å²) in [5.74, 6) is 1.49. The number of methoxy groups -OCH3 is 1. The first-order chi connectivity index (χ1) is 11.2. The van der Waals surface area contributed by atoms with E-state index < -0.39 is 0 Å². The Hall–Kier alpha value is -2.15. The van der Waals surface area contributed by atoms with Crippen LogP contribution in [0.25, 0.3) is 0 Å². The van der Waals surface area contributed by atoms with Crippen LogP contribution < -0.4 is 9.64 Å². The minimum atomic E-state index is 0.0454. The Morgan fingerprint density at radius 1 is 1.09 bits per heavy atom. The van der Waals surface area contributed by atoms with Crippen LogP contribution in [0.4, 0.5) is 5.95 Å². The van der Waals surface area contributed by atoms with Gasteiger partial charge in [-0.05, 0) is 40.2 Å². The van der Waals surface area contributed by atoms with Crippen LogP contribution in [0.3, 0.4) is 0 Å². The van der Waals surface area contributed by atoms with Gasteiger partial charge < -0.3 is 14.5 Å². The Morgan fingerprint density at radius 2 is 1.70 bits per heavy atom. The summed E-state index contributed by atoms with van der Waals surface area (Å²) in [5, 5.41) is 0. The van der Waals surface area contributed by atoms with Gasteiger partial charge in [0.25, 0.3) is 5.91 Å². The van der Waals surface area contributed by atoms with Gasteiger partial charge in [-0.2, -0.15) is 0 Å². The summed E-state index contributed by atoms with van der Waals surface area (Å²) in [6.07, 6.45) is 3.47. The van der Waals surface area contributed by atoms with E-state index in [2.05, 4.69) is 30.8 Å². The number of amides is 1. The van der Waals surface area contributed by atoms with Crippen LogP contribution in [-0.2, 0) is 0 Å². The Morgan fingerprint density at radius 3 is 2.26 bits per heavy atom. The number of benzene rings is 1. The van der Waals surface area contributed by atoms with E-state index in [0.29, 0.717) is 24.6 Å². The smallest absolute Gasteiger partial charge is 0.253 e. The molecular formula is C16H17BrN4O2. The van der Waals surface area contributed by atoms with Gasteiger partial charge in [-0.3, -0.25) is 4.79 Å². The lowest BCUT2D eigenvalue weighted by Crippen LogP contribution is -2.49. The number of hydrogen-bond acceptors (Lipinski definition) is 5. The van der Waals surface area contributed by atoms with Crippen molar-refractivity contribution in [1.29, 1.82) is 0 Å². The van der Waals surface area contributed by atoms with Crippen molar-refractivity contribution in [3.8, 4) is 5.75 Å². The second kappa shape index (κ2) is 6.95. The molecule has 120 valence electrons. The summed E-state index contributed by atoms with van der Waals surface area (Å²) in [6.45, 7) is 2.77. The topological polar surface area (TPSA) is 58.6 Å². The van der Waals surface area contributed by atoms with Crippen molar-refractivity contribution in [1.82, 2.24) is 14.9 Å². The molecule has 3 rings (SSSR count). The quantitative estimate of drug-likeness (QED) is 0.821. The van der Waals surface area contributed by atoms with Crippen LogP contribution in [0.5, 0.6) is 5.75 Å². The highest BCUT2D eigenvalue weighted by Crippen LogP contribution is 2.16. The van der Waals surface area contributed by atoms with Crippen molar-refractivity contribution < 1.29 is 9.53 Å². The molecule has 1 fully saturated rings. The van der Waals surface area contributed by atoms with Crippen molar-refractivity contribution >= 4 is 27.8 Å². The van der Waals surface area contributed by atoms with Crippen LogP contribution in [0, 0.1) is 0 Å². The molecule has 1 amide bonds. The molecule has 0 unspecified atom stereocenters. The Labute approximate surface area is 143 Å². The second-order valence-corrected chi connectivity index (χ2v) is 6.12. The molecule has 0 radical (unpaired) electrons. The molecule has 1 aliphatic rings. The maximum absolute atomic E-state index is 12.5. The number of nitrogens with zero attached hydrogens (tertiary/aromatic N) is 4. The van der Waals surface area contributed by atoms with Crippen LogP contribution in [0.2, 0.25) is 0 Å². The molecule has 0 spiro atoms. The van der Waals surface area contributed by atoms with E-state index in [1.807, 2.05) is 4.90 Å². The SMILES string of the molecule is COc1ccc(C(=O)N2CCN(c3ncc(Br)cn3)CC2)cc1. The fraction of sp³-hybridized carbons (Fsp3) is 0.312. The molecule has 0 atom stereocenters. The number of ether oxygens (including phenoxy) is 1. The van der Waals surface area contributed by atoms with E-state index in [1.54, 1.807) is 43.8 Å². The van der Waals surface area contributed by atoms with Gasteiger partial charge in [-0.1, -0.05) is 0 Å². The highest BCUT2D eigenvalue weighted by molar-refractivity contribution is 9.10. The largest absolute Gasteiger partial charge is 0.497 e. The number of rotatable bonds is 3. The van der Waals surface area contributed by atoms with Crippen LogP contribution in [0.15, 0.2) is 41.1 Å². The Bertz CT molecular complexity index is 667. The Kier molecular flexibility index (Phi) is 4.76. The fourth-order valence-electron chi connectivity index (χ4n) is 2.49. The first kappa shape index (κ1) is 15.7. The highest BCUT2D eigenvalue weighted by Gasteiger charge is 2.23. The van der Waals surface area contributed by atoms with E-state index in [9.17, 15) is 4.79 Å². The minimum Gasteiger partial charge on any atom is -0.497 e. The lowest BCUT2D eigenvalue weighted by Gasteiger charge is -2.34. The first-order valence-corrected chi connectivity index (χ1v) is 8.12. The van der Waals surface area contributed by atoms with E-state index in [-0.39, 0.29) is 5.91 Å². The van der Waals surface area contributed by atoms with Crippen molar-refractivity contribution in [2.45, 2.75) is 0 Å². The first-order valence-electron chi connectivity index (χ1n) is 7.33. The van der Waals surface area contributed by atoms with Crippen molar-refractivity contribution in [3.05, 3.63) is 46.7 Å². The Balaban J connectivity index is 1.61. The average molecular weight is 377 g/mol. The van der Waals surface area contributed by atoms with Crippen molar-refractivity contribution in [3.63, 3.8) is 0 Å². The number of piperazine rings is 1. The number of aromatic nitrogens is 2. The van der Waals surface area contributed by atoms with E-state index in [0.717, 1.165) is 23.3 Å². The molecule has 0 aliphatic carbocycles. The molecule has 1 saturated heterocycles. The molecule has 1 aliphatic heterocycles. The maximum Gasteiger partial charge on any atom is 0.253 e. The fourth-order valence-corrected chi connectivity index (χ4v) is 2.70. The van der Waals surface area contributed by atoms with E-state index in [4.69, 9.17) is 4.74 Å². The van der Waals surface area contributed by atoms with E-state index >= 15 is 0 Å². The summed E-state index contributed by atoms with van der Waals surface area (Å²) >= 11 is 3.33. The molecular weight excluding hydrogens is 360 g/mol. The van der Waals surface area contributed by atoms with Gasteiger partial charge >= 0.3 is 0 Å². The van der Waals surface area contributed by atoms with Gasteiger partial charge in [0.2, 0.25) is 5.95 Å². The summed E-state index contributed by atoms with van der Waals surface area (Å²) in [4.78, 5) is 25.1. The monoisotopic (exact) mass is 376 g/mol. The molecule has 1 aromatic heterocycles. The zero-order valence-electron chi connectivity index (χ0n) is 12.8. The van der Waals surface area contributed by atoms with Crippen molar-refractivity contribution in [2.75, 3.05) is 38.2 Å². The molecule has 23 heavy (non-hydrogen) atoms. The van der Waals surface area contributed by atoms with Crippen LogP contribution >= 0.6 is 15.9 Å². The molecule has 0 saturated carbocycles. The number of anilines is 1. The molecule has 0 N–H and O–H groups in total. The van der Waals surface area contributed by atoms with Gasteiger partial charge in [0, 0.05) is 44.1 Å². The zero-order chi connectivity index (χ0) is 16.2. The molecule has 2 heterocycles. The summed E-state index contributed by atoms with van der Waals surface area (Å²) in [5.41, 5.74) is 0.680. The van der Waals surface area contributed by atoms with Gasteiger partial charge in [0.05, 0.1) is 11.6 Å². The number of halogens is 1. The van der Waals surface area contributed by atoms with Gasteiger partial charge in [0.15, 0.2) is 0 Å².